The number of benzene rings is 2. The van der Waals surface area contributed by atoms with E-state index in [0.717, 1.165) is 43.2 Å². The zero-order valence-electron chi connectivity index (χ0n) is 16.9. The maximum atomic E-state index is 13.7. The van der Waals surface area contributed by atoms with Crippen molar-refractivity contribution in [1.82, 2.24) is 10.0 Å². The molecule has 31 heavy (non-hydrogen) atoms. The van der Waals surface area contributed by atoms with Gasteiger partial charge in [0.25, 0.3) is 4.21 Å². The van der Waals surface area contributed by atoms with Crippen molar-refractivity contribution < 1.29 is 17.9 Å². The minimum Gasteiger partial charge on any atom is -0.446 e. The Morgan fingerprint density at radius 1 is 1.13 bits per heavy atom. The molecule has 1 aliphatic rings. The molecule has 6 nitrogen and oxygen atoms in total. The molecule has 3 N–H and O–H groups in total. The van der Waals surface area contributed by atoms with Crippen molar-refractivity contribution in [2.75, 3.05) is 37.6 Å². The zero-order chi connectivity index (χ0) is 21.7. The van der Waals surface area contributed by atoms with Crippen molar-refractivity contribution in [2.24, 2.45) is 0 Å². The highest BCUT2D eigenvalue weighted by Gasteiger charge is 2.31. The SMILES string of the molecule is O=[S+](O)(NCCc1ccccc1F)c1ccc(Oc2cccc(N3CCNCC3)c2)s1. The van der Waals surface area contributed by atoms with Crippen LogP contribution in [0.2, 0.25) is 0 Å². The number of thiophene rings is 1. The Labute approximate surface area is 186 Å². The van der Waals surface area contributed by atoms with Crippen LogP contribution < -0.4 is 19.7 Å². The highest BCUT2D eigenvalue weighted by atomic mass is 32.3. The van der Waals surface area contributed by atoms with Gasteiger partial charge in [-0.15, -0.1) is 4.72 Å². The van der Waals surface area contributed by atoms with Gasteiger partial charge in [-0.05, 0) is 51.8 Å². The van der Waals surface area contributed by atoms with Gasteiger partial charge in [0.1, 0.15) is 11.6 Å². The highest BCUT2D eigenvalue weighted by molar-refractivity contribution is 7.97. The van der Waals surface area contributed by atoms with Gasteiger partial charge < -0.3 is 15.0 Å². The predicted molar refractivity (Wildman–Crippen MR) is 123 cm³/mol. The van der Waals surface area contributed by atoms with Crippen molar-refractivity contribution in [1.29, 1.82) is 0 Å². The van der Waals surface area contributed by atoms with Crippen molar-refractivity contribution in [3.05, 3.63) is 72.0 Å². The Morgan fingerprint density at radius 2 is 1.94 bits per heavy atom. The van der Waals surface area contributed by atoms with E-state index < -0.39 is 10.4 Å². The molecule has 1 atom stereocenters. The lowest BCUT2D eigenvalue weighted by molar-refractivity contribution is 0.484. The number of piperazine rings is 1. The zero-order valence-corrected chi connectivity index (χ0v) is 18.6. The van der Waals surface area contributed by atoms with E-state index in [-0.39, 0.29) is 16.6 Å². The first-order chi connectivity index (χ1) is 15.0. The number of hydrogen-bond donors (Lipinski definition) is 3. The monoisotopic (exact) mass is 462 g/mol. The second-order valence-electron chi connectivity index (χ2n) is 7.17. The van der Waals surface area contributed by atoms with Crippen molar-refractivity contribution in [3.63, 3.8) is 0 Å². The molecular weight excluding hydrogens is 437 g/mol. The van der Waals surface area contributed by atoms with Crippen molar-refractivity contribution in [3.8, 4) is 10.8 Å². The van der Waals surface area contributed by atoms with Crippen LogP contribution in [0.25, 0.3) is 0 Å². The number of anilines is 1. The molecular formula is C22H25FN3O3S2+. The van der Waals surface area contributed by atoms with Gasteiger partial charge in [0.15, 0.2) is 5.06 Å². The molecule has 0 saturated carbocycles. The molecule has 3 aromatic rings. The Balaban J connectivity index is 1.37. The third-order valence-electron chi connectivity index (χ3n) is 5.00. The number of hydrogen-bond acceptors (Lipinski definition) is 5. The van der Waals surface area contributed by atoms with Gasteiger partial charge in [0.2, 0.25) is 0 Å². The van der Waals surface area contributed by atoms with E-state index in [9.17, 15) is 13.2 Å². The lowest BCUT2D eigenvalue weighted by atomic mass is 10.1. The minimum atomic E-state index is -3.44. The van der Waals surface area contributed by atoms with Crippen LogP contribution in [-0.4, -0.2) is 37.3 Å². The van der Waals surface area contributed by atoms with Crippen LogP contribution in [-0.2, 0) is 21.0 Å². The van der Waals surface area contributed by atoms with Crippen LogP contribution in [0.5, 0.6) is 10.8 Å². The van der Waals surface area contributed by atoms with Crippen LogP contribution in [0, 0.1) is 5.82 Å². The summed E-state index contributed by atoms with van der Waals surface area (Å²) in [6, 6.07) is 17.5. The lowest BCUT2D eigenvalue weighted by Crippen LogP contribution is -2.43. The molecule has 0 spiro atoms. The third kappa shape index (κ3) is 5.69. The second-order valence-corrected chi connectivity index (χ2v) is 10.3. The summed E-state index contributed by atoms with van der Waals surface area (Å²) in [5.41, 5.74) is 1.60. The van der Waals surface area contributed by atoms with Crippen LogP contribution in [0.4, 0.5) is 10.1 Å². The average Bonchev–Trinajstić information content (AvgIpc) is 3.25. The maximum absolute atomic E-state index is 13.7. The van der Waals surface area contributed by atoms with Gasteiger partial charge in [-0.25, -0.2) is 4.39 Å². The predicted octanol–water partition coefficient (Wildman–Crippen LogP) is 4.17. The van der Waals surface area contributed by atoms with Gasteiger partial charge in [-0.2, -0.15) is 4.55 Å². The van der Waals surface area contributed by atoms with Crippen LogP contribution in [0.15, 0.2) is 64.9 Å². The van der Waals surface area contributed by atoms with Crippen molar-refractivity contribution in [2.45, 2.75) is 10.6 Å². The summed E-state index contributed by atoms with van der Waals surface area (Å²) >= 11 is 1.12. The molecule has 0 radical (unpaired) electrons. The molecule has 164 valence electrons. The molecule has 1 unspecified atom stereocenters. The fraction of sp³-hybridized carbons (Fsp3) is 0.273. The standard InChI is InChI=1S/C22H24FN3O3S2/c23-20-7-2-1-4-17(20)10-11-25-31(27,28)22-9-8-21(30-22)29-19-6-3-5-18(16-19)26-14-12-24-13-15-26/h1-9,16,24H,10-15H2,(H-,25,27,28)/p+1. The van der Waals surface area contributed by atoms with E-state index in [2.05, 4.69) is 21.0 Å². The summed E-state index contributed by atoms with van der Waals surface area (Å²) in [6.45, 7) is 3.97. The molecule has 0 aliphatic carbocycles. The van der Waals surface area contributed by atoms with Crippen LogP contribution in [0.3, 0.4) is 0 Å². The molecule has 0 bridgehead atoms. The molecule has 2 aromatic carbocycles. The normalized spacial score (nSPS) is 16.1. The fourth-order valence-electron chi connectivity index (χ4n) is 3.39. The van der Waals surface area contributed by atoms with Crippen molar-refractivity contribution >= 4 is 27.4 Å². The largest absolute Gasteiger partial charge is 0.446 e. The van der Waals surface area contributed by atoms with E-state index in [4.69, 9.17) is 4.74 Å². The number of ether oxygens (including phenoxy) is 1. The molecule has 1 saturated heterocycles. The molecule has 1 aliphatic heterocycles. The van der Waals surface area contributed by atoms with E-state index in [0.29, 0.717) is 22.8 Å². The van der Waals surface area contributed by atoms with Gasteiger partial charge in [0, 0.05) is 50.5 Å². The number of nitrogens with zero attached hydrogens (tertiary/aromatic N) is 1. The Morgan fingerprint density at radius 3 is 2.74 bits per heavy atom. The van der Waals surface area contributed by atoms with E-state index in [1.54, 1.807) is 30.3 Å². The van der Waals surface area contributed by atoms with Gasteiger partial charge in [-0.1, -0.05) is 24.3 Å². The summed E-state index contributed by atoms with van der Waals surface area (Å²) in [6.07, 6.45) is 0.317. The van der Waals surface area contributed by atoms with Crippen LogP contribution >= 0.6 is 11.3 Å². The fourth-order valence-corrected chi connectivity index (χ4v) is 5.64. The van der Waals surface area contributed by atoms with Gasteiger partial charge in [0.05, 0.1) is 0 Å². The summed E-state index contributed by atoms with van der Waals surface area (Å²) in [4.78, 5) is 2.29. The lowest BCUT2D eigenvalue weighted by Gasteiger charge is -2.29. The summed E-state index contributed by atoms with van der Waals surface area (Å²) in [5, 5.41) is 3.87. The number of rotatable bonds is 8. The first kappa shape index (κ1) is 21.9. The highest BCUT2D eigenvalue weighted by Crippen LogP contribution is 2.34. The summed E-state index contributed by atoms with van der Waals surface area (Å²) in [7, 11) is -3.44. The molecule has 0 amide bonds. The van der Waals surface area contributed by atoms with E-state index in [1.165, 1.54) is 6.07 Å². The smallest absolute Gasteiger partial charge is 0.333 e. The maximum Gasteiger partial charge on any atom is 0.333 e. The third-order valence-corrected chi connectivity index (χ3v) is 7.96. The second kappa shape index (κ2) is 9.88. The number of nitrogens with one attached hydrogen (secondary N) is 2. The summed E-state index contributed by atoms with van der Waals surface area (Å²) < 4.78 is 45.6. The van der Waals surface area contributed by atoms with Gasteiger partial charge >= 0.3 is 10.4 Å². The first-order valence-electron chi connectivity index (χ1n) is 10.1. The van der Waals surface area contributed by atoms with E-state index >= 15 is 0 Å². The molecule has 1 fully saturated rings. The number of halogens is 1. The molecule has 1 aromatic heterocycles. The topological polar surface area (TPSA) is 73.8 Å². The molecule has 4 rings (SSSR count). The quantitative estimate of drug-likeness (QED) is 0.438. The van der Waals surface area contributed by atoms with Gasteiger partial charge in [-0.3, -0.25) is 0 Å². The Kier molecular flexibility index (Phi) is 6.99. The van der Waals surface area contributed by atoms with E-state index in [1.807, 2.05) is 18.2 Å². The first-order valence-corrected chi connectivity index (χ1v) is 12.4. The molecule has 2 heterocycles. The minimum absolute atomic E-state index is 0.178. The summed E-state index contributed by atoms with van der Waals surface area (Å²) in [5.74, 6) is 0.366. The Hall–Kier alpha value is -2.30. The van der Waals surface area contributed by atoms with Crippen LogP contribution in [0.1, 0.15) is 5.56 Å². The Bertz CT molecular complexity index is 1070. The molecule has 9 heteroatoms. The average molecular weight is 463 g/mol.